The molecule has 1 aromatic carbocycles. The van der Waals surface area contributed by atoms with E-state index in [1.165, 1.54) is 11.1 Å². The molecule has 0 radical (unpaired) electrons. The first kappa shape index (κ1) is 11.4. The van der Waals surface area contributed by atoms with E-state index >= 15 is 0 Å². The first-order valence-electron chi connectivity index (χ1n) is 4.99. The van der Waals surface area contributed by atoms with Gasteiger partial charge in [-0.05, 0) is 43.5 Å². The fourth-order valence-corrected chi connectivity index (χ4v) is 1.36. The van der Waals surface area contributed by atoms with Gasteiger partial charge in [-0.3, -0.25) is 0 Å². The van der Waals surface area contributed by atoms with E-state index in [2.05, 4.69) is 30.1 Å². The van der Waals surface area contributed by atoms with Gasteiger partial charge in [0.1, 0.15) is 0 Å². The van der Waals surface area contributed by atoms with Crippen LogP contribution in [0.15, 0.2) is 35.3 Å². The van der Waals surface area contributed by atoms with Crippen LogP contribution in [0, 0.1) is 0 Å². The maximum absolute atomic E-state index is 10.2. The van der Waals surface area contributed by atoms with Crippen molar-refractivity contribution in [1.82, 2.24) is 0 Å². The molecule has 1 unspecified atom stereocenters. The molecule has 0 amide bonds. The Labute approximate surface area is 90.4 Å². The average molecular weight is 201 g/mol. The summed E-state index contributed by atoms with van der Waals surface area (Å²) in [5.41, 5.74) is 3.43. The van der Waals surface area contributed by atoms with Crippen molar-refractivity contribution in [3.63, 3.8) is 0 Å². The Morgan fingerprint density at radius 1 is 1.53 bits per heavy atom. The predicted molar refractivity (Wildman–Crippen MR) is 62.3 cm³/mol. The molecule has 78 valence electrons. The largest absolute Gasteiger partial charge is 0.235 e. The minimum atomic E-state index is -0.118. The predicted octanol–water partition coefficient (Wildman–Crippen LogP) is 3.51. The first-order valence-corrected chi connectivity index (χ1v) is 4.99. The molecule has 15 heavy (non-hydrogen) atoms. The van der Waals surface area contributed by atoms with Gasteiger partial charge in [-0.15, -0.1) is 0 Å². The molecule has 1 rings (SSSR count). The number of benzene rings is 1. The maximum atomic E-state index is 10.2. The number of aliphatic imine (C=N–C) groups is 1. The van der Waals surface area contributed by atoms with E-state index in [9.17, 15) is 4.79 Å². The number of allylic oxidation sites excluding steroid dienone is 2. The highest BCUT2D eigenvalue weighted by Crippen LogP contribution is 2.21. The number of isocyanates is 1. The minimum absolute atomic E-state index is 0.118. The van der Waals surface area contributed by atoms with Crippen molar-refractivity contribution in [3.8, 4) is 0 Å². The van der Waals surface area contributed by atoms with E-state index in [0.29, 0.717) is 0 Å². The van der Waals surface area contributed by atoms with E-state index in [1.807, 2.05) is 26.0 Å². The fourth-order valence-electron chi connectivity index (χ4n) is 1.36. The zero-order valence-electron chi connectivity index (χ0n) is 9.32. The summed E-state index contributed by atoms with van der Waals surface area (Å²) in [6.45, 7) is 5.96. The highest BCUT2D eigenvalue weighted by Gasteiger charge is 2.04. The number of hydrogen-bond donors (Lipinski definition) is 0. The third-order valence-corrected chi connectivity index (χ3v) is 2.50. The molecule has 0 saturated heterocycles. The summed E-state index contributed by atoms with van der Waals surface area (Å²) in [6, 6.07) is 7.94. The van der Waals surface area contributed by atoms with Gasteiger partial charge in [0.05, 0.1) is 6.04 Å². The molecule has 0 aliphatic heterocycles. The summed E-state index contributed by atoms with van der Waals surface area (Å²) in [6.07, 6.45) is 3.65. The minimum Gasteiger partial charge on any atom is -0.211 e. The molecule has 0 aliphatic carbocycles. The van der Waals surface area contributed by atoms with E-state index in [1.54, 1.807) is 6.08 Å². The number of carbonyl (C=O) groups excluding carboxylic acids is 1. The Bertz CT molecular complexity index is 414. The Morgan fingerprint density at radius 2 is 2.27 bits per heavy atom. The molecule has 2 nitrogen and oxygen atoms in total. The average Bonchev–Trinajstić information content (AvgIpc) is 2.28. The molecule has 2 heteroatoms. The molecule has 0 aliphatic rings. The van der Waals surface area contributed by atoms with Crippen LogP contribution in [0.3, 0.4) is 0 Å². The van der Waals surface area contributed by atoms with Crippen molar-refractivity contribution in [2.45, 2.75) is 26.8 Å². The lowest BCUT2D eigenvalue weighted by Crippen LogP contribution is -1.90. The Kier molecular flexibility index (Phi) is 4.02. The van der Waals surface area contributed by atoms with Crippen LogP contribution < -0.4 is 0 Å². The highest BCUT2D eigenvalue weighted by atomic mass is 16.1. The Hall–Kier alpha value is -1.66. The lowest BCUT2D eigenvalue weighted by Gasteiger charge is -2.07. The summed E-state index contributed by atoms with van der Waals surface area (Å²) >= 11 is 0. The monoisotopic (exact) mass is 201 g/mol. The molecule has 0 spiro atoms. The van der Waals surface area contributed by atoms with Crippen LogP contribution in [0.2, 0.25) is 0 Å². The van der Waals surface area contributed by atoms with E-state index < -0.39 is 0 Å². The summed E-state index contributed by atoms with van der Waals surface area (Å²) in [7, 11) is 0. The maximum Gasteiger partial charge on any atom is 0.235 e. The van der Waals surface area contributed by atoms with Gasteiger partial charge in [-0.25, -0.2) is 4.79 Å². The Balaban J connectivity index is 3.07. The fraction of sp³-hybridized carbons (Fsp3) is 0.308. The molecule has 1 atom stereocenters. The summed E-state index contributed by atoms with van der Waals surface area (Å²) < 4.78 is 0. The SMILES string of the molecule is CC=C(C)c1cccc(C(C)N=C=O)c1. The van der Waals surface area contributed by atoms with Crippen molar-refractivity contribution in [2.24, 2.45) is 4.99 Å². The quantitative estimate of drug-likeness (QED) is 0.543. The van der Waals surface area contributed by atoms with Crippen LogP contribution in [0.5, 0.6) is 0 Å². The van der Waals surface area contributed by atoms with Crippen LogP contribution in [0.25, 0.3) is 5.57 Å². The van der Waals surface area contributed by atoms with Crippen LogP contribution >= 0.6 is 0 Å². The van der Waals surface area contributed by atoms with Gasteiger partial charge in [0.25, 0.3) is 0 Å². The molecular weight excluding hydrogens is 186 g/mol. The van der Waals surface area contributed by atoms with Gasteiger partial charge >= 0.3 is 0 Å². The molecular formula is C13H15NO. The molecule has 0 bridgehead atoms. The highest BCUT2D eigenvalue weighted by molar-refractivity contribution is 5.64. The van der Waals surface area contributed by atoms with E-state index in [-0.39, 0.29) is 6.04 Å². The second-order valence-electron chi connectivity index (χ2n) is 3.49. The molecule has 0 aromatic heterocycles. The lowest BCUT2D eigenvalue weighted by molar-refractivity contribution is 0.559. The van der Waals surface area contributed by atoms with Crippen LogP contribution in [0.4, 0.5) is 0 Å². The first-order chi connectivity index (χ1) is 7.19. The van der Waals surface area contributed by atoms with Gasteiger partial charge in [0, 0.05) is 0 Å². The van der Waals surface area contributed by atoms with Crippen LogP contribution in [-0.4, -0.2) is 6.08 Å². The van der Waals surface area contributed by atoms with Crippen molar-refractivity contribution in [2.75, 3.05) is 0 Å². The third-order valence-electron chi connectivity index (χ3n) is 2.50. The second-order valence-corrected chi connectivity index (χ2v) is 3.49. The van der Waals surface area contributed by atoms with Crippen LogP contribution in [-0.2, 0) is 4.79 Å². The standard InChI is InChI=1S/C13H15NO/c1-4-10(2)12-6-5-7-13(8-12)11(3)14-9-15/h4-8,11H,1-3H3. The Morgan fingerprint density at radius 3 is 2.87 bits per heavy atom. The molecule has 1 aromatic rings. The number of nitrogens with zero attached hydrogens (tertiary/aromatic N) is 1. The zero-order chi connectivity index (χ0) is 11.3. The smallest absolute Gasteiger partial charge is 0.211 e. The number of rotatable bonds is 3. The molecule has 0 saturated carbocycles. The van der Waals surface area contributed by atoms with Crippen molar-refractivity contribution < 1.29 is 4.79 Å². The van der Waals surface area contributed by atoms with Crippen molar-refractivity contribution in [3.05, 3.63) is 41.5 Å². The summed E-state index contributed by atoms with van der Waals surface area (Å²) in [5, 5.41) is 0. The third kappa shape index (κ3) is 2.90. The lowest BCUT2D eigenvalue weighted by atomic mass is 10.0. The number of hydrogen-bond acceptors (Lipinski definition) is 2. The molecule has 0 N–H and O–H groups in total. The van der Waals surface area contributed by atoms with Gasteiger partial charge < -0.3 is 0 Å². The van der Waals surface area contributed by atoms with Crippen molar-refractivity contribution >= 4 is 11.7 Å². The van der Waals surface area contributed by atoms with E-state index in [0.717, 1.165) is 5.56 Å². The summed E-state index contributed by atoms with van der Waals surface area (Å²) in [5.74, 6) is 0. The normalized spacial score (nSPS) is 13.1. The topological polar surface area (TPSA) is 29.4 Å². The van der Waals surface area contributed by atoms with Gasteiger partial charge in [0.2, 0.25) is 6.08 Å². The zero-order valence-corrected chi connectivity index (χ0v) is 9.32. The van der Waals surface area contributed by atoms with Gasteiger partial charge in [-0.1, -0.05) is 24.3 Å². The van der Waals surface area contributed by atoms with Crippen molar-refractivity contribution in [1.29, 1.82) is 0 Å². The summed E-state index contributed by atoms with van der Waals surface area (Å²) in [4.78, 5) is 13.9. The molecule has 0 heterocycles. The second kappa shape index (κ2) is 5.28. The van der Waals surface area contributed by atoms with Gasteiger partial charge in [0.15, 0.2) is 0 Å². The molecule has 0 fully saturated rings. The van der Waals surface area contributed by atoms with Gasteiger partial charge in [-0.2, -0.15) is 4.99 Å². The van der Waals surface area contributed by atoms with E-state index in [4.69, 9.17) is 0 Å². The van der Waals surface area contributed by atoms with Crippen LogP contribution in [0.1, 0.15) is 37.9 Å².